The van der Waals surface area contributed by atoms with Gasteiger partial charge in [-0.15, -0.1) is 0 Å². The minimum atomic E-state index is 0.0904. The van der Waals surface area contributed by atoms with Crippen molar-refractivity contribution >= 4 is 21.7 Å². The molecule has 0 saturated heterocycles. The lowest BCUT2D eigenvalue weighted by Gasteiger charge is -1.99. The molecule has 0 spiro atoms. The normalized spacial score (nSPS) is 11.3. The van der Waals surface area contributed by atoms with Crippen LogP contribution in [0.25, 0.3) is 0 Å². The Labute approximate surface area is 141 Å². The lowest BCUT2D eigenvalue weighted by atomic mass is 10.1. The second-order valence-electron chi connectivity index (χ2n) is 5.85. The zero-order valence-electron chi connectivity index (χ0n) is 13.8. The zero-order valence-corrected chi connectivity index (χ0v) is 15.4. The van der Waals surface area contributed by atoms with Gasteiger partial charge in [0.15, 0.2) is 5.78 Å². The van der Waals surface area contributed by atoms with E-state index in [-0.39, 0.29) is 5.78 Å². The van der Waals surface area contributed by atoms with Gasteiger partial charge in [-0.2, -0.15) is 0 Å². The lowest BCUT2D eigenvalue weighted by molar-refractivity contribution is -0.115. The van der Waals surface area contributed by atoms with Crippen molar-refractivity contribution in [1.29, 1.82) is 0 Å². The maximum absolute atomic E-state index is 11.0. The van der Waals surface area contributed by atoms with Crippen molar-refractivity contribution in [3.8, 4) is 0 Å². The monoisotopic (exact) mass is 356 g/mol. The number of carbonyl (C=O) groups is 1. The molecule has 21 heavy (non-hydrogen) atoms. The highest BCUT2D eigenvalue weighted by Crippen LogP contribution is 2.10. The summed E-state index contributed by atoms with van der Waals surface area (Å²) in [6.45, 7) is 2.27. The predicted octanol–water partition coefficient (Wildman–Crippen LogP) is 7.03. The molecule has 0 rings (SSSR count). The van der Waals surface area contributed by atoms with Crippen LogP contribution < -0.4 is 0 Å². The Morgan fingerprint density at radius 1 is 0.810 bits per heavy atom. The Kier molecular flexibility index (Phi) is 17.8. The Balaban J connectivity index is 3.10. The number of allylic oxidation sites excluding steroid dienone is 2. The van der Waals surface area contributed by atoms with Gasteiger partial charge in [-0.25, -0.2) is 0 Å². The van der Waals surface area contributed by atoms with E-state index in [0.29, 0.717) is 6.42 Å². The minimum Gasteiger partial charge on any atom is -0.298 e. The second kappa shape index (κ2) is 17.9. The van der Waals surface area contributed by atoms with Crippen molar-refractivity contribution in [1.82, 2.24) is 0 Å². The molecule has 0 aliphatic rings. The van der Waals surface area contributed by atoms with E-state index in [0.717, 1.165) is 6.42 Å². The van der Waals surface area contributed by atoms with Crippen molar-refractivity contribution in [2.24, 2.45) is 0 Å². The van der Waals surface area contributed by atoms with Crippen molar-refractivity contribution in [2.45, 2.75) is 96.8 Å². The Bertz CT molecular complexity index is 248. The third kappa shape index (κ3) is 17.8. The molecule has 0 saturated carbocycles. The molecule has 0 amide bonds. The standard InChI is InChI=1S/C19H33BrO/c1-2-3-4-5-6-7-8-9-10-11-12-13-14-15-16-17-19(21)18-20/h9-10H,2-8,11-17H2,1H3/b10-9-. The first-order valence-corrected chi connectivity index (χ1v) is 9.65. The molecule has 0 bridgehead atoms. The Morgan fingerprint density at radius 3 is 1.81 bits per heavy atom. The fourth-order valence-corrected chi connectivity index (χ4v) is 2.60. The number of carbonyl (C=O) groups excluding carboxylic acids is 1. The van der Waals surface area contributed by atoms with Gasteiger partial charge >= 0.3 is 0 Å². The van der Waals surface area contributed by atoms with Crippen LogP contribution in [0.1, 0.15) is 96.8 Å². The van der Waals surface area contributed by atoms with E-state index in [1.165, 1.54) is 77.0 Å². The summed E-state index contributed by atoms with van der Waals surface area (Å²) in [7, 11) is 0. The van der Waals surface area contributed by atoms with Crippen LogP contribution in [0.15, 0.2) is 12.2 Å². The number of unbranched alkanes of at least 4 members (excludes halogenated alkanes) is 11. The first-order valence-electron chi connectivity index (χ1n) is 8.85. The average Bonchev–Trinajstić information content (AvgIpc) is 2.50. The maximum atomic E-state index is 11.0. The highest BCUT2D eigenvalue weighted by molar-refractivity contribution is 9.11. The third-order valence-electron chi connectivity index (χ3n) is 3.77. The van der Waals surface area contributed by atoms with Gasteiger partial charge in [-0.3, -0.25) is 4.79 Å². The quantitative estimate of drug-likeness (QED) is 0.214. The summed E-state index contributed by atoms with van der Waals surface area (Å²) < 4.78 is 0. The number of hydrogen-bond donors (Lipinski definition) is 0. The molecule has 1 nitrogen and oxygen atoms in total. The van der Waals surface area contributed by atoms with E-state index >= 15 is 0 Å². The summed E-state index contributed by atoms with van der Waals surface area (Å²) in [5.41, 5.74) is 0. The third-order valence-corrected chi connectivity index (χ3v) is 4.21. The van der Waals surface area contributed by atoms with Gasteiger partial charge in [-0.1, -0.05) is 86.4 Å². The molecule has 0 aromatic heterocycles. The maximum Gasteiger partial charge on any atom is 0.153 e. The molecule has 0 heterocycles. The van der Waals surface area contributed by atoms with E-state index in [2.05, 4.69) is 40.3 Å². The Morgan fingerprint density at radius 2 is 1.29 bits per heavy atom. The van der Waals surface area contributed by atoms with Gasteiger partial charge < -0.3 is 0 Å². The van der Waals surface area contributed by atoms with Crippen molar-refractivity contribution in [3.63, 3.8) is 0 Å². The molecule has 0 fully saturated rings. The number of hydrogen-bond acceptors (Lipinski definition) is 1. The molecular formula is C19H33BrO. The largest absolute Gasteiger partial charge is 0.298 e. The highest BCUT2D eigenvalue weighted by Gasteiger charge is 1.99. The van der Waals surface area contributed by atoms with Gasteiger partial charge in [0.25, 0.3) is 0 Å². The number of halogens is 1. The summed E-state index contributed by atoms with van der Waals surface area (Å²) in [6.07, 6.45) is 22.1. The van der Waals surface area contributed by atoms with E-state index in [1.54, 1.807) is 0 Å². The molecular weight excluding hydrogens is 324 g/mol. The first kappa shape index (κ1) is 20.9. The molecule has 0 atom stereocenters. The van der Waals surface area contributed by atoms with Crippen molar-refractivity contribution in [3.05, 3.63) is 17.5 Å². The predicted molar refractivity (Wildman–Crippen MR) is 96.6 cm³/mol. The van der Waals surface area contributed by atoms with Crippen LogP contribution in [0.4, 0.5) is 0 Å². The molecule has 0 aromatic carbocycles. The topological polar surface area (TPSA) is 17.1 Å². The molecule has 0 unspecified atom stereocenters. The van der Waals surface area contributed by atoms with E-state index in [1.807, 2.05) is 0 Å². The first-order chi connectivity index (χ1) is 10.3. The van der Waals surface area contributed by atoms with Crippen LogP contribution in [0.5, 0.6) is 0 Å². The SMILES string of the molecule is CCCCCCCC/C=C\CCCCCCCC(=O)[C]Br. The molecule has 0 aliphatic carbocycles. The lowest BCUT2D eigenvalue weighted by Crippen LogP contribution is -1.93. The fourth-order valence-electron chi connectivity index (χ4n) is 2.40. The molecule has 0 aliphatic heterocycles. The average molecular weight is 357 g/mol. The fraction of sp³-hybridized carbons (Fsp3) is 0.789. The summed E-state index contributed by atoms with van der Waals surface area (Å²) in [5.74, 6) is 0.0904. The van der Waals surface area contributed by atoms with Crippen LogP contribution in [0.2, 0.25) is 0 Å². The van der Waals surface area contributed by atoms with E-state index in [4.69, 9.17) is 0 Å². The summed E-state index contributed by atoms with van der Waals surface area (Å²) in [4.78, 5) is 11.0. The number of Topliss-reactive ketones (excluding diaryl/α,β-unsaturated/α-hetero) is 1. The molecule has 2 radical (unpaired) electrons. The van der Waals surface area contributed by atoms with Crippen LogP contribution in [-0.4, -0.2) is 5.78 Å². The minimum absolute atomic E-state index is 0.0904. The van der Waals surface area contributed by atoms with Gasteiger partial charge in [0.1, 0.15) is 5.33 Å². The number of ketones is 1. The van der Waals surface area contributed by atoms with Crippen LogP contribution in [0.3, 0.4) is 0 Å². The molecule has 2 heteroatoms. The van der Waals surface area contributed by atoms with Crippen molar-refractivity contribution < 1.29 is 4.79 Å². The van der Waals surface area contributed by atoms with Gasteiger partial charge in [0.05, 0.1) is 0 Å². The summed E-state index contributed by atoms with van der Waals surface area (Å²) in [5, 5.41) is 2.48. The van der Waals surface area contributed by atoms with Gasteiger partial charge in [0.2, 0.25) is 0 Å². The smallest absolute Gasteiger partial charge is 0.153 e. The van der Waals surface area contributed by atoms with Crippen LogP contribution in [0, 0.1) is 5.33 Å². The van der Waals surface area contributed by atoms with Crippen LogP contribution >= 0.6 is 15.9 Å². The van der Waals surface area contributed by atoms with Crippen molar-refractivity contribution in [2.75, 3.05) is 0 Å². The highest BCUT2D eigenvalue weighted by atomic mass is 79.9. The Hall–Kier alpha value is -0.110. The zero-order chi connectivity index (χ0) is 15.6. The molecule has 0 N–H and O–H groups in total. The summed E-state index contributed by atoms with van der Waals surface area (Å²) in [6, 6.07) is 0. The second-order valence-corrected chi connectivity index (χ2v) is 6.25. The molecule has 122 valence electrons. The van der Waals surface area contributed by atoms with Crippen LogP contribution in [-0.2, 0) is 4.79 Å². The van der Waals surface area contributed by atoms with E-state index in [9.17, 15) is 4.79 Å². The van der Waals surface area contributed by atoms with Gasteiger partial charge in [0, 0.05) is 6.42 Å². The molecule has 0 aromatic rings. The summed E-state index contributed by atoms with van der Waals surface area (Å²) >= 11 is 2.95. The van der Waals surface area contributed by atoms with Gasteiger partial charge in [-0.05, 0) is 32.1 Å². The van der Waals surface area contributed by atoms with E-state index < -0.39 is 0 Å². The number of rotatable bonds is 16.